The molecule has 5 rings (SSSR count). The molecule has 3 heterocycles. The van der Waals surface area contributed by atoms with Crippen LogP contribution in [0.5, 0.6) is 0 Å². The zero-order valence-corrected chi connectivity index (χ0v) is 25.9. The van der Waals surface area contributed by atoms with E-state index >= 15 is 4.39 Å². The number of pyridine rings is 1. The number of nitrogens with zero attached hydrogens (tertiary/aromatic N) is 7. The molecule has 1 fully saturated rings. The third kappa shape index (κ3) is 5.73. The molecule has 1 aliphatic heterocycles. The Balaban J connectivity index is 1.85. The summed E-state index contributed by atoms with van der Waals surface area (Å²) in [7, 11) is 5.90. The highest BCUT2D eigenvalue weighted by molar-refractivity contribution is 7.22. The summed E-state index contributed by atoms with van der Waals surface area (Å²) in [6.07, 6.45) is 2.89. The molecule has 1 aliphatic rings. The lowest BCUT2D eigenvalue weighted by Gasteiger charge is -2.40. The Bertz CT molecular complexity index is 1810. The number of hydrogen-bond acceptors (Lipinski definition) is 10. The summed E-state index contributed by atoms with van der Waals surface area (Å²) in [5, 5.41) is 11.1. The van der Waals surface area contributed by atoms with E-state index in [0.717, 1.165) is 17.9 Å². The monoisotopic (exact) mass is 623 g/mol. The summed E-state index contributed by atoms with van der Waals surface area (Å²) in [6.45, 7) is 5.09. The van der Waals surface area contributed by atoms with Crippen molar-refractivity contribution in [2.75, 3.05) is 64.5 Å². The van der Waals surface area contributed by atoms with E-state index < -0.39 is 11.6 Å². The number of fused-ring (bicyclic) bond motifs is 2. The topological polar surface area (TPSA) is 124 Å². The Hall–Kier alpha value is -3.89. The number of rotatable bonds is 7. The van der Waals surface area contributed by atoms with Crippen LogP contribution < -0.4 is 16.4 Å². The molecule has 2 aromatic carbocycles. The predicted octanol–water partition coefficient (Wildman–Crippen LogP) is 4.86. The highest BCUT2D eigenvalue weighted by Gasteiger charge is 2.30. The standard InChI is InChI=1S/C30H32ClF2N9S/c1-16-15-42(12-11-41(16)4)28-18-13-20(31)23(17-5-6-21(32)29-27(17)39-30(36)43-29)24(33)26(18)38-25(19(28)14-35)22(7-8-34)37-9-10-40(2)3/h5-8,13,16H,9-12,15,34H2,1-4H3,(H2,36,39). The van der Waals surface area contributed by atoms with Crippen LogP contribution in [0.4, 0.5) is 19.6 Å². The quantitative estimate of drug-likeness (QED) is 0.280. The molecule has 0 spiro atoms. The lowest BCUT2D eigenvalue weighted by atomic mass is 9.96. The minimum Gasteiger partial charge on any atom is -0.405 e. The summed E-state index contributed by atoms with van der Waals surface area (Å²) in [5.74, 6) is -1.23. The maximum absolute atomic E-state index is 16.9. The number of hydrogen-bond donors (Lipinski definition) is 2. The number of nitrogens with two attached hydrogens (primary N) is 2. The zero-order chi connectivity index (χ0) is 31.0. The second kappa shape index (κ2) is 12.4. The highest BCUT2D eigenvalue weighted by atomic mass is 35.5. The van der Waals surface area contributed by atoms with Crippen LogP contribution in [-0.4, -0.2) is 85.4 Å². The van der Waals surface area contributed by atoms with Gasteiger partial charge in [-0.05, 0) is 58.5 Å². The Labute approximate surface area is 257 Å². The summed E-state index contributed by atoms with van der Waals surface area (Å²) < 4.78 is 31.7. The number of nitrogen functional groups attached to an aromatic ring is 1. The average Bonchev–Trinajstić information content (AvgIpc) is 3.36. The van der Waals surface area contributed by atoms with E-state index in [0.29, 0.717) is 43.0 Å². The Morgan fingerprint density at radius 3 is 2.72 bits per heavy atom. The normalized spacial score (nSPS) is 16.7. The van der Waals surface area contributed by atoms with E-state index in [1.54, 1.807) is 12.1 Å². The van der Waals surface area contributed by atoms with Crippen LogP contribution >= 0.6 is 22.9 Å². The number of benzene rings is 2. The molecule has 0 bridgehead atoms. The van der Waals surface area contributed by atoms with Gasteiger partial charge in [0.25, 0.3) is 0 Å². The van der Waals surface area contributed by atoms with Gasteiger partial charge in [0, 0.05) is 48.7 Å². The van der Waals surface area contributed by atoms with Crippen molar-refractivity contribution in [3.05, 3.63) is 58.4 Å². The number of likely N-dealkylation sites (N-methyl/N-ethyl adjacent to an activating group) is 2. The van der Waals surface area contributed by atoms with Crippen molar-refractivity contribution >= 4 is 60.6 Å². The first-order chi connectivity index (χ1) is 20.5. The molecule has 0 amide bonds. The smallest absolute Gasteiger partial charge is 0.181 e. The molecular weight excluding hydrogens is 592 g/mol. The minimum atomic E-state index is -0.722. The molecule has 4 aromatic rings. The zero-order valence-electron chi connectivity index (χ0n) is 24.3. The van der Waals surface area contributed by atoms with Crippen molar-refractivity contribution in [2.24, 2.45) is 10.7 Å². The van der Waals surface area contributed by atoms with Crippen LogP contribution in [0.3, 0.4) is 0 Å². The van der Waals surface area contributed by atoms with Crippen molar-refractivity contribution in [1.29, 1.82) is 5.26 Å². The van der Waals surface area contributed by atoms with Crippen molar-refractivity contribution < 1.29 is 8.78 Å². The fraction of sp³-hybridized carbons (Fsp3) is 0.333. The van der Waals surface area contributed by atoms with E-state index in [-0.39, 0.29) is 54.3 Å². The van der Waals surface area contributed by atoms with Crippen LogP contribution in [0.25, 0.3) is 32.2 Å². The second-order valence-corrected chi connectivity index (χ2v) is 12.2. The Morgan fingerprint density at radius 2 is 2.05 bits per heavy atom. The summed E-state index contributed by atoms with van der Waals surface area (Å²) in [5.41, 5.74) is 13.6. The molecule has 1 atom stereocenters. The van der Waals surface area contributed by atoms with Gasteiger partial charge in [0.2, 0.25) is 0 Å². The van der Waals surface area contributed by atoms with Gasteiger partial charge in [0.15, 0.2) is 10.9 Å². The summed E-state index contributed by atoms with van der Waals surface area (Å²) in [6, 6.07) is 6.80. The van der Waals surface area contributed by atoms with Gasteiger partial charge in [-0.1, -0.05) is 22.9 Å². The van der Waals surface area contributed by atoms with Crippen molar-refractivity contribution in [1.82, 2.24) is 19.8 Å². The first-order valence-corrected chi connectivity index (χ1v) is 14.9. The molecule has 9 nitrogen and oxygen atoms in total. The van der Waals surface area contributed by atoms with E-state index in [4.69, 9.17) is 28.1 Å². The van der Waals surface area contributed by atoms with E-state index in [2.05, 4.69) is 32.8 Å². The van der Waals surface area contributed by atoms with E-state index in [1.165, 1.54) is 18.3 Å². The first kappa shape index (κ1) is 30.6. The largest absolute Gasteiger partial charge is 0.405 e. The molecule has 0 radical (unpaired) electrons. The van der Waals surface area contributed by atoms with Gasteiger partial charge in [-0.3, -0.25) is 4.99 Å². The summed E-state index contributed by atoms with van der Waals surface area (Å²) >= 11 is 7.79. The maximum Gasteiger partial charge on any atom is 0.181 e. The Kier molecular flexibility index (Phi) is 8.80. The lowest BCUT2D eigenvalue weighted by Crippen LogP contribution is -2.50. The number of aliphatic imine (C=N–C) groups is 1. The number of nitriles is 1. The van der Waals surface area contributed by atoms with E-state index in [1.807, 2.05) is 26.0 Å². The molecule has 1 unspecified atom stereocenters. The van der Waals surface area contributed by atoms with Gasteiger partial charge in [-0.25, -0.2) is 18.7 Å². The molecule has 0 aliphatic carbocycles. The maximum atomic E-state index is 16.9. The number of thiazole rings is 1. The van der Waals surface area contributed by atoms with Gasteiger partial charge < -0.3 is 26.2 Å². The van der Waals surface area contributed by atoms with Crippen LogP contribution in [0, 0.1) is 23.0 Å². The molecule has 224 valence electrons. The van der Waals surface area contributed by atoms with Crippen LogP contribution in [0.2, 0.25) is 5.02 Å². The van der Waals surface area contributed by atoms with Crippen molar-refractivity contribution in [2.45, 2.75) is 13.0 Å². The molecule has 2 aromatic heterocycles. The van der Waals surface area contributed by atoms with Gasteiger partial charge >= 0.3 is 0 Å². The lowest BCUT2D eigenvalue weighted by molar-refractivity contribution is 0.234. The first-order valence-electron chi connectivity index (χ1n) is 13.7. The Morgan fingerprint density at radius 1 is 1.28 bits per heavy atom. The second-order valence-electron chi connectivity index (χ2n) is 10.8. The fourth-order valence-electron chi connectivity index (χ4n) is 5.29. The number of halogens is 3. The highest BCUT2D eigenvalue weighted by Crippen LogP contribution is 2.44. The van der Waals surface area contributed by atoms with Crippen LogP contribution in [0.1, 0.15) is 18.2 Å². The molecule has 4 N–H and O–H groups in total. The van der Waals surface area contributed by atoms with Gasteiger partial charge in [-0.15, -0.1) is 0 Å². The van der Waals surface area contributed by atoms with Gasteiger partial charge in [-0.2, -0.15) is 5.26 Å². The number of allylic oxidation sites excluding steroid dienone is 1. The minimum absolute atomic E-state index is 0.00129. The van der Waals surface area contributed by atoms with Crippen LogP contribution in [-0.2, 0) is 0 Å². The molecule has 13 heteroatoms. The fourth-order valence-corrected chi connectivity index (χ4v) is 6.35. The number of aromatic nitrogens is 2. The number of piperazine rings is 1. The van der Waals surface area contributed by atoms with Crippen molar-refractivity contribution in [3.63, 3.8) is 0 Å². The molecule has 43 heavy (non-hydrogen) atoms. The average molecular weight is 624 g/mol. The number of anilines is 2. The molecule has 1 saturated heterocycles. The third-order valence-electron chi connectivity index (χ3n) is 7.64. The van der Waals surface area contributed by atoms with Crippen LogP contribution in [0.15, 0.2) is 35.5 Å². The summed E-state index contributed by atoms with van der Waals surface area (Å²) in [4.78, 5) is 20.0. The van der Waals surface area contributed by atoms with E-state index in [9.17, 15) is 9.65 Å². The molecule has 0 saturated carbocycles. The van der Waals surface area contributed by atoms with Crippen molar-refractivity contribution in [3.8, 4) is 17.2 Å². The van der Waals surface area contributed by atoms with Gasteiger partial charge in [0.1, 0.15) is 28.7 Å². The SMILES string of the molecule is CC1CN(c2c(C#N)c(C(C=CN)=NCCN(C)C)nc3c(F)c(-c4ccc(F)c5sc(N)nc45)c(Cl)cc23)CCN1C. The predicted molar refractivity (Wildman–Crippen MR) is 172 cm³/mol. The third-order valence-corrected chi connectivity index (χ3v) is 8.83. The van der Waals surface area contributed by atoms with Gasteiger partial charge in [0.05, 0.1) is 33.2 Å². The molecular formula is C30H32ClF2N9S.